The molecule has 0 heterocycles. The van der Waals surface area contributed by atoms with Gasteiger partial charge in [-0.3, -0.25) is 9.59 Å². The monoisotopic (exact) mass is 264 g/mol. The van der Waals surface area contributed by atoms with Crippen molar-refractivity contribution in [3.63, 3.8) is 0 Å². The van der Waals surface area contributed by atoms with Gasteiger partial charge in [-0.15, -0.1) is 0 Å². The van der Waals surface area contributed by atoms with Crippen LogP contribution in [-0.2, 0) is 16.0 Å². The van der Waals surface area contributed by atoms with Gasteiger partial charge in [-0.05, 0) is 18.9 Å². The molecule has 3 N–H and O–H groups in total. The Bertz CT molecular complexity index is 420. The predicted molar refractivity (Wildman–Crippen MR) is 72.4 cm³/mol. The van der Waals surface area contributed by atoms with E-state index in [0.717, 1.165) is 5.56 Å². The van der Waals surface area contributed by atoms with Crippen LogP contribution in [-0.4, -0.2) is 35.6 Å². The van der Waals surface area contributed by atoms with Crippen molar-refractivity contribution in [1.82, 2.24) is 10.6 Å². The maximum atomic E-state index is 11.8. The molecule has 0 aliphatic rings. The molecule has 2 amide bonds. The summed E-state index contributed by atoms with van der Waals surface area (Å²) in [6.07, 6.45) is 0.551. The second kappa shape index (κ2) is 7.53. The molecular weight excluding hydrogens is 244 g/mol. The van der Waals surface area contributed by atoms with Crippen LogP contribution in [0, 0.1) is 0 Å². The van der Waals surface area contributed by atoms with Gasteiger partial charge in [0.05, 0.1) is 12.6 Å². The van der Waals surface area contributed by atoms with E-state index in [1.54, 1.807) is 6.92 Å². The molecule has 1 aromatic rings. The van der Waals surface area contributed by atoms with Crippen molar-refractivity contribution in [2.24, 2.45) is 0 Å². The fourth-order valence-electron chi connectivity index (χ4n) is 1.76. The third kappa shape index (κ3) is 5.52. The topological polar surface area (TPSA) is 78.4 Å². The number of hydrogen-bond acceptors (Lipinski definition) is 3. The number of benzene rings is 1. The molecular formula is C14H20N2O3. The Morgan fingerprint density at radius 3 is 2.37 bits per heavy atom. The first kappa shape index (κ1) is 15.2. The number of aliphatic hydroxyl groups is 1. The highest BCUT2D eigenvalue weighted by Gasteiger charge is 2.17. The molecule has 1 rings (SSSR count). The van der Waals surface area contributed by atoms with Crippen molar-refractivity contribution in [3.05, 3.63) is 35.9 Å². The van der Waals surface area contributed by atoms with E-state index in [1.165, 1.54) is 6.92 Å². The lowest BCUT2D eigenvalue weighted by molar-refractivity contribution is -0.128. The quantitative estimate of drug-likeness (QED) is 0.688. The Hall–Kier alpha value is -1.88. The molecule has 0 bridgehead atoms. The van der Waals surface area contributed by atoms with Gasteiger partial charge in [0.15, 0.2) is 0 Å². The lowest BCUT2D eigenvalue weighted by Gasteiger charge is -2.19. The smallest absolute Gasteiger partial charge is 0.242 e. The predicted octanol–water partition coefficient (Wildman–Crippen LogP) is 0.231. The molecule has 104 valence electrons. The summed E-state index contributed by atoms with van der Waals surface area (Å²) in [4.78, 5) is 22.7. The number of rotatable bonds is 6. The summed E-state index contributed by atoms with van der Waals surface area (Å²) in [5.74, 6) is -0.559. The van der Waals surface area contributed by atoms with Crippen molar-refractivity contribution in [1.29, 1.82) is 0 Å². The Morgan fingerprint density at radius 2 is 1.84 bits per heavy atom. The van der Waals surface area contributed by atoms with Crippen LogP contribution < -0.4 is 10.6 Å². The van der Waals surface area contributed by atoms with Gasteiger partial charge in [0.2, 0.25) is 11.8 Å². The van der Waals surface area contributed by atoms with Crippen LogP contribution in [0.4, 0.5) is 0 Å². The van der Waals surface area contributed by atoms with Crippen molar-refractivity contribution in [2.75, 3.05) is 6.61 Å². The highest BCUT2D eigenvalue weighted by atomic mass is 16.3. The zero-order valence-corrected chi connectivity index (χ0v) is 11.2. The van der Waals surface area contributed by atoms with Gasteiger partial charge in [0, 0.05) is 6.92 Å². The largest absolute Gasteiger partial charge is 0.394 e. The molecule has 0 radical (unpaired) electrons. The van der Waals surface area contributed by atoms with Gasteiger partial charge in [-0.25, -0.2) is 0 Å². The van der Waals surface area contributed by atoms with Gasteiger partial charge in [-0.1, -0.05) is 30.3 Å². The van der Waals surface area contributed by atoms with E-state index >= 15 is 0 Å². The molecule has 5 nitrogen and oxygen atoms in total. The van der Waals surface area contributed by atoms with Gasteiger partial charge >= 0.3 is 0 Å². The summed E-state index contributed by atoms with van der Waals surface area (Å²) in [7, 11) is 0. The van der Waals surface area contributed by atoms with Crippen molar-refractivity contribution in [2.45, 2.75) is 32.4 Å². The third-order valence-corrected chi connectivity index (χ3v) is 2.70. The standard InChI is InChI=1S/C14H20N2O3/c1-10(15-11(2)18)14(19)16-13(9-17)8-12-6-4-3-5-7-12/h3-7,10,13,17H,8-9H2,1-2H3,(H,15,18)(H,16,19). The number of nitrogens with one attached hydrogen (secondary N) is 2. The second-order valence-electron chi connectivity index (χ2n) is 4.50. The number of amides is 2. The highest BCUT2D eigenvalue weighted by molar-refractivity contribution is 5.86. The molecule has 19 heavy (non-hydrogen) atoms. The maximum Gasteiger partial charge on any atom is 0.242 e. The average molecular weight is 264 g/mol. The van der Waals surface area contributed by atoms with Crippen molar-refractivity contribution >= 4 is 11.8 Å². The van der Waals surface area contributed by atoms with Crippen molar-refractivity contribution in [3.8, 4) is 0 Å². The normalized spacial score (nSPS) is 13.4. The molecule has 1 aromatic carbocycles. The molecule has 0 aliphatic carbocycles. The summed E-state index contributed by atoms with van der Waals surface area (Å²) in [6.45, 7) is 2.82. The second-order valence-corrected chi connectivity index (χ2v) is 4.50. The minimum absolute atomic E-state index is 0.145. The van der Waals surface area contributed by atoms with Gasteiger partial charge in [0.1, 0.15) is 6.04 Å². The molecule has 0 spiro atoms. The van der Waals surface area contributed by atoms with Crippen LogP contribution in [0.3, 0.4) is 0 Å². The molecule has 0 saturated carbocycles. The number of carbonyl (C=O) groups excluding carboxylic acids is 2. The highest BCUT2D eigenvalue weighted by Crippen LogP contribution is 2.03. The summed E-state index contributed by atoms with van der Waals surface area (Å²) in [6, 6.07) is 8.64. The first-order chi connectivity index (χ1) is 9.02. The zero-order valence-electron chi connectivity index (χ0n) is 11.2. The zero-order chi connectivity index (χ0) is 14.3. The van der Waals surface area contributed by atoms with E-state index in [0.29, 0.717) is 6.42 Å². The van der Waals surface area contributed by atoms with Crippen LogP contribution in [0.15, 0.2) is 30.3 Å². The lowest BCUT2D eigenvalue weighted by Crippen LogP contribution is -2.49. The van der Waals surface area contributed by atoms with Gasteiger partial charge < -0.3 is 15.7 Å². The van der Waals surface area contributed by atoms with Crippen LogP contribution in [0.25, 0.3) is 0 Å². The van der Waals surface area contributed by atoms with E-state index in [4.69, 9.17) is 0 Å². The van der Waals surface area contributed by atoms with E-state index < -0.39 is 6.04 Å². The summed E-state index contributed by atoms with van der Waals surface area (Å²) in [5, 5.41) is 14.5. The molecule has 0 fully saturated rings. The Kier molecular flexibility index (Phi) is 6.02. The first-order valence-corrected chi connectivity index (χ1v) is 6.25. The van der Waals surface area contributed by atoms with E-state index in [9.17, 15) is 14.7 Å². The Labute approximate surface area is 113 Å². The Balaban J connectivity index is 2.52. The van der Waals surface area contributed by atoms with Gasteiger partial charge in [-0.2, -0.15) is 0 Å². The summed E-state index contributed by atoms with van der Waals surface area (Å²) < 4.78 is 0. The fourth-order valence-corrected chi connectivity index (χ4v) is 1.76. The summed E-state index contributed by atoms with van der Waals surface area (Å²) in [5.41, 5.74) is 1.04. The number of hydrogen-bond donors (Lipinski definition) is 3. The summed E-state index contributed by atoms with van der Waals surface area (Å²) >= 11 is 0. The van der Waals surface area contributed by atoms with E-state index in [1.807, 2.05) is 30.3 Å². The average Bonchev–Trinajstić information content (AvgIpc) is 2.38. The van der Waals surface area contributed by atoms with Gasteiger partial charge in [0.25, 0.3) is 0 Å². The maximum absolute atomic E-state index is 11.8. The van der Waals surface area contributed by atoms with Crippen LogP contribution in [0.1, 0.15) is 19.4 Å². The minimum Gasteiger partial charge on any atom is -0.394 e. The minimum atomic E-state index is -0.609. The molecule has 0 aromatic heterocycles. The van der Waals surface area contributed by atoms with Crippen LogP contribution in [0.2, 0.25) is 0 Å². The van der Waals surface area contributed by atoms with Crippen LogP contribution in [0.5, 0.6) is 0 Å². The van der Waals surface area contributed by atoms with E-state index in [-0.39, 0.29) is 24.5 Å². The van der Waals surface area contributed by atoms with Crippen molar-refractivity contribution < 1.29 is 14.7 Å². The molecule has 0 aliphatic heterocycles. The van der Waals surface area contributed by atoms with Crippen LogP contribution >= 0.6 is 0 Å². The molecule has 2 atom stereocenters. The SMILES string of the molecule is CC(=O)NC(C)C(=O)NC(CO)Cc1ccccc1. The Morgan fingerprint density at radius 1 is 1.21 bits per heavy atom. The fraction of sp³-hybridized carbons (Fsp3) is 0.429. The number of carbonyl (C=O) groups is 2. The molecule has 5 heteroatoms. The molecule has 2 unspecified atom stereocenters. The van der Waals surface area contributed by atoms with E-state index in [2.05, 4.69) is 10.6 Å². The lowest BCUT2D eigenvalue weighted by atomic mass is 10.1. The first-order valence-electron chi connectivity index (χ1n) is 6.25. The number of aliphatic hydroxyl groups excluding tert-OH is 1. The molecule has 0 saturated heterocycles. The third-order valence-electron chi connectivity index (χ3n) is 2.70.